The summed E-state index contributed by atoms with van der Waals surface area (Å²) >= 11 is 6.91. The smallest absolute Gasteiger partial charge is 0.310 e. The van der Waals surface area contributed by atoms with Gasteiger partial charge in [-0.2, -0.15) is 0 Å². The summed E-state index contributed by atoms with van der Waals surface area (Å²) < 4.78 is 0.552. The third-order valence-electron chi connectivity index (χ3n) is 2.86. The summed E-state index contributed by atoms with van der Waals surface area (Å²) in [5, 5.41) is 8.91. The van der Waals surface area contributed by atoms with Gasteiger partial charge < -0.3 is 5.11 Å². The number of carboxylic acids is 1. The first-order valence-electron chi connectivity index (χ1n) is 4.48. The molecule has 0 bridgehead atoms. The third-order valence-corrected chi connectivity index (χ3v) is 4.10. The fourth-order valence-electron chi connectivity index (χ4n) is 1.60. The minimum atomic E-state index is -0.900. The highest BCUT2D eigenvalue weighted by molar-refractivity contribution is 7.18. The van der Waals surface area contributed by atoms with Crippen molar-refractivity contribution in [3.63, 3.8) is 0 Å². The van der Waals surface area contributed by atoms with E-state index in [9.17, 15) is 9.59 Å². The van der Waals surface area contributed by atoms with Crippen LogP contribution in [0.25, 0.3) is 0 Å². The van der Waals surface area contributed by atoms with Crippen molar-refractivity contribution in [2.24, 2.45) is 11.3 Å². The molecule has 1 saturated carbocycles. The highest BCUT2D eigenvalue weighted by atomic mass is 35.5. The Labute approximate surface area is 95.7 Å². The number of aliphatic carboxylic acids is 1. The van der Waals surface area contributed by atoms with E-state index in [0.29, 0.717) is 15.6 Å². The Morgan fingerprint density at radius 2 is 2.27 bits per heavy atom. The molecule has 1 aliphatic carbocycles. The molecule has 0 amide bonds. The summed E-state index contributed by atoms with van der Waals surface area (Å²) in [5.41, 5.74) is -0.868. The molecule has 1 N–H and O–H groups in total. The number of hydrogen-bond acceptors (Lipinski definition) is 3. The molecule has 1 aromatic rings. The third kappa shape index (κ3) is 1.68. The average molecular weight is 245 g/mol. The minimum absolute atomic E-state index is 0.100. The summed E-state index contributed by atoms with van der Waals surface area (Å²) in [6.07, 6.45) is 0.427. The Morgan fingerprint density at radius 1 is 1.60 bits per heavy atom. The lowest BCUT2D eigenvalue weighted by Crippen LogP contribution is -2.16. The molecule has 0 aliphatic heterocycles. The number of carbonyl (C=O) groups is 2. The first-order valence-corrected chi connectivity index (χ1v) is 5.67. The van der Waals surface area contributed by atoms with Gasteiger partial charge in [0.25, 0.3) is 0 Å². The molecule has 3 nitrogen and oxygen atoms in total. The lowest BCUT2D eigenvalue weighted by atomic mass is 10.0. The summed E-state index contributed by atoms with van der Waals surface area (Å²) in [7, 11) is 0. The van der Waals surface area contributed by atoms with Gasteiger partial charge in [-0.05, 0) is 25.5 Å². The average Bonchev–Trinajstić information content (AvgIpc) is 2.67. The molecule has 0 radical (unpaired) electrons. The van der Waals surface area contributed by atoms with Crippen molar-refractivity contribution in [3.05, 3.63) is 21.3 Å². The molecule has 1 aromatic heterocycles. The van der Waals surface area contributed by atoms with E-state index in [1.807, 2.05) is 0 Å². The molecule has 2 rings (SSSR count). The van der Waals surface area contributed by atoms with Crippen LogP contribution in [0, 0.1) is 11.3 Å². The van der Waals surface area contributed by atoms with E-state index < -0.39 is 11.4 Å². The Hall–Kier alpha value is -0.870. The topological polar surface area (TPSA) is 54.4 Å². The second-order valence-electron chi connectivity index (χ2n) is 3.95. The van der Waals surface area contributed by atoms with E-state index in [-0.39, 0.29) is 11.7 Å². The maximum atomic E-state index is 11.8. The standard InChI is InChI=1S/C10H9ClO3S/c1-10(9(13)14)4-5(10)8(12)6-2-3-7(11)15-6/h2-3,5H,4H2,1H3,(H,13,14). The lowest BCUT2D eigenvalue weighted by Gasteiger charge is -2.02. The molecule has 1 aliphatic rings. The first-order chi connectivity index (χ1) is 6.95. The van der Waals surface area contributed by atoms with Crippen LogP contribution in [0.3, 0.4) is 0 Å². The van der Waals surface area contributed by atoms with Crippen LogP contribution in [-0.2, 0) is 4.79 Å². The summed E-state index contributed by atoms with van der Waals surface area (Å²) in [6, 6.07) is 3.30. The Kier molecular flexibility index (Phi) is 2.35. The van der Waals surface area contributed by atoms with Gasteiger partial charge in [0.15, 0.2) is 5.78 Å². The van der Waals surface area contributed by atoms with Crippen LogP contribution in [0.15, 0.2) is 12.1 Å². The van der Waals surface area contributed by atoms with Crippen molar-refractivity contribution >= 4 is 34.7 Å². The van der Waals surface area contributed by atoms with Crippen molar-refractivity contribution in [2.45, 2.75) is 13.3 Å². The summed E-state index contributed by atoms with van der Waals surface area (Å²) in [4.78, 5) is 23.2. The van der Waals surface area contributed by atoms with Crippen molar-refractivity contribution in [1.29, 1.82) is 0 Å². The number of thiophene rings is 1. The molecule has 1 fully saturated rings. The van der Waals surface area contributed by atoms with Crippen LogP contribution in [0.1, 0.15) is 23.0 Å². The largest absolute Gasteiger partial charge is 0.481 e. The molecule has 80 valence electrons. The number of hydrogen-bond donors (Lipinski definition) is 1. The van der Waals surface area contributed by atoms with E-state index in [1.54, 1.807) is 19.1 Å². The zero-order valence-electron chi connectivity index (χ0n) is 7.99. The number of ketones is 1. The maximum Gasteiger partial charge on any atom is 0.310 e. The normalized spacial score (nSPS) is 28.8. The monoisotopic (exact) mass is 244 g/mol. The summed E-state index contributed by atoms with van der Waals surface area (Å²) in [6.45, 7) is 1.60. The van der Waals surface area contributed by atoms with Gasteiger partial charge in [0, 0.05) is 5.92 Å². The highest BCUT2D eigenvalue weighted by Crippen LogP contribution is 2.54. The van der Waals surface area contributed by atoms with Gasteiger partial charge in [-0.3, -0.25) is 9.59 Å². The second-order valence-corrected chi connectivity index (χ2v) is 5.66. The lowest BCUT2D eigenvalue weighted by molar-refractivity contribution is -0.143. The molecule has 0 saturated heterocycles. The quantitative estimate of drug-likeness (QED) is 0.832. The predicted octanol–water partition coefficient (Wildman–Crippen LogP) is 2.70. The number of halogens is 1. The van der Waals surface area contributed by atoms with Gasteiger partial charge >= 0.3 is 5.97 Å². The van der Waals surface area contributed by atoms with E-state index in [2.05, 4.69) is 0 Å². The van der Waals surface area contributed by atoms with Crippen molar-refractivity contribution in [3.8, 4) is 0 Å². The number of carboxylic acid groups (broad SMARTS) is 1. The van der Waals surface area contributed by atoms with Gasteiger partial charge in [-0.1, -0.05) is 11.6 Å². The van der Waals surface area contributed by atoms with E-state index in [0.717, 1.165) is 0 Å². The van der Waals surface area contributed by atoms with Crippen LogP contribution in [0.5, 0.6) is 0 Å². The zero-order valence-corrected chi connectivity index (χ0v) is 9.56. The number of Topliss-reactive ketones (excluding diaryl/α,β-unsaturated/α-hetero) is 1. The van der Waals surface area contributed by atoms with Crippen LogP contribution in [0.4, 0.5) is 0 Å². The molecule has 5 heteroatoms. The molecule has 2 atom stereocenters. The molecule has 2 unspecified atom stereocenters. The van der Waals surface area contributed by atoms with Gasteiger partial charge in [-0.15, -0.1) is 11.3 Å². The van der Waals surface area contributed by atoms with Crippen molar-refractivity contribution in [2.75, 3.05) is 0 Å². The first kappa shape index (κ1) is 10.6. The predicted molar refractivity (Wildman–Crippen MR) is 57.5 cm³/mol. The second kappa shape index (κ2) is 3.32. The minimum Gasteiger partial charge on any atom is -0.481 e. The van der Waals surface area contributed by atoms with Gasteiger partial charge in [0.2, 0.25) is 0 Å². The number of rotatable bonds is 3. The zero-order chi connectivity index (χ0) is 11.2. The van der Waals surface area contributed by atoms with E-state index in [4.69, 9.17) is 16.7 Å². The Balaban J connectivity index is 2.16. The fraction of sp³-hybridized carbons (Fsp3) is 0.400. The summed E-state index contributed by atoms with van der Waals surface area (Å²) in [5.74, 6) is -1.38. The molecule has 0 spiro atoms. The Morgan fingerprint density at radius 3 is 2.67 bits per heavy atom. The van der Waals surface area contributed by atoms with Crippen LogP contribution >= 0.6 is 22.9 Å². The molecular weight excluding hydrogens is 236 g/mol. The molecule has 15 heavy (non-hydrogen) atoms. The Bertz CT molecular complexity index is 440. The molecular formula is C10H9ClO3S. The highest BCUT2D eigenvalue weighted by Gasteiger charge is 2.60. The fourth-order valence-corrected chi connectivity index (χ4v) is 2.64. The van der Waals surface area contributed by atoms with Crippen LogP contribution in [-0.4, -0.2) is 16.9 Å². The molecule has 0 aromatic carbocycles. The van der Waals surface area contributed by atoms with Gasteiger partial charge in [-0.25, -0.2) is 0 Å². The number of carbonyl (C=O) groups excluding carboxylic acids is 1. The van der Waals surface area contributed by atoms with Crippen LogP contribution in [0.2, 0.25) is 4.34 Å². The van der Waals surface area contributed by atoms with Gasteiger partial charge in [0.05, 0.1) is 14.6 Å². The van der Waals surface area contributed by atoms with E-state index >= 15 is 0 Å². The van der Waals surface area contributed by atoms with Crippen molar-refractivity contribution in [1.82, 2.24) is 0 Å². The van der Waals surface area contributed by atoms with Crippen molar-refractivity contribution < 1.29 is 14.7 Å². The van der Waals surface area contributed by atoms with Gasteiger partial charge in [0.1, 0.15) is 0 Å². The SMILES string of the molecule is CC1(C(=O)O)CC1C(=O)c1ccc(Cl)s1. The molecule has 1 heterocycles. The maximum absolute atomic E-state index is 11.8. The van der Waals surface area contributed by atoms with Crippen LogP contribution < -0.4 is 0 Å². The van der Waals surface area contributed by atoms with E-state index in [1.165, 1.54) is 11.3 Å².